The van der Waals surface area contributed by atoms with Crippen LogP contribution in [0.15, 0.2) is 82.1 Å². The Morgan fingerprint density at radius 3 is 1.85 bits per heavy atom. The molecule has 0 fully saturated rings. The van der Waals surface area contributed by atoms with Crippen molar-refractivity contribution in [3.8, 4) is 0 Å². The molecule has 0 saturated heterocycles. The predicted octanol–water partition coefficient (Wildman–Crippen LogP) is 9.74. The third-order valence-corrected chi connectivity index (χ3v) is 5.25. The van der Waals surface area contributed by atoms with E-state index in [1.807, 2.05) is 75.4 Å². The van der Waals surface area contributed by atoms with Crippen LogP contribution < -0.4 is 0 Å². The standard InChI is InChI=1S/C28H34N4.Ni/c1-5-6-7-8-9-14-24-20-23(4)31-26-16-11-10-15-25(26)29-21(2)19-22(3)30-27-17-12-13-18-28(27)32-24;/h10-13,15-20H,5-9,14H2,1-4H3;/q-2;+2/b22-19-,23-20-,29-21?,32-24?;. The molecule has 5 heteroatoms. The molecular weight excluding hydrogens is 451 g/mol. The Kier molecular flexibility index (Phi) is 11.1. The van der Waals surface area contributed by atoms with Crippen molar-refractivity contribution in [3.63, 3.8) is 0 Å². The molecule has 4 nitrogen and oxygen atoms in total. The van der Waals surface area contributed by atoms with Gasteiger partial charge in [-0.2, -0.15) is 11.4 Å². The smallest absolute Gasteiger partial charge is 0.660 e. The van der Waals surface area contributed by atoms with Gasteiger partial charge in [0.1, 0.15) is 0 Å². The number of unbranched alkanes of at least 4 members (excludes halogenated alkanes) is 4. The molecule has 0 spiro atoms. The zero-order chi connectivity index (χ0) is 22.8. The number of rotatable bonds is 6. The van der Waals surface area contributed by atoms with E-state index in [2.05, 4.69) is 13.0 Å². The average molecular weight is 485 g/mol. The minimum Gasteiger partial charge on any atom is -0.660 e. The van der Waals surface area contributed by atoms with Crippen LogP contribution in [0.2, 0.25) is 0 Å². The first-order valence-corrected chi connectivity index (χ1v) is 11.7. The van der Waals surface area contributed by atoms with Crippen LogP contribution in [-0.4, -0.2) is 11.4 Å². The van der Waals surface area contributed by atoms with Crippen molar-refractivity contribution >= 4 is 34.2 Å². The summed E-state index contributed by atoms with van der Waals surface area (Å²) in [6.07, 6.45) is 11.2. The zero-order valence-corrected chi connectivity index (χ0v) is 21.1. The van der Waals surface area contributed by atoms with Crippen molar-refractivity contribution in [2.75, 3.05) is 0 Å². The normalized spacial score (nSPS) is 17.1. The average Bonchev–Trinajstić information content (AvgIpc) is 2.75. The Morgan fingerprint density at radius 1 is 0.667 bits per heavy atom. The van der Waals surface area contributed by atoms with Gasteiger partial charge in [0.05, 0.1) is 0 Å². The molecule has 0 aliphatic carbocycles. The summed E-state index contributed by atoms with van der Waals surface area (Å²) in [6, 6.07) is 16.1. The number of hydrogen-bond donors (Lipinski definition) is 0. The Morgan fingerprint density at radius 2 is 1.21 bits per heavy atom. The molecule has 33 heavy (non-hydrogen) atoms. The fraction of sp³-hybridized carbons (Fsp3) is 0.357. The van der Waals surface area contributed by atoms with Crippen molar-refractivity contribution < 1.29 is 16.5 Å². The molecule has 0 bridgehead atoms. The molecule has 0 atom stereocenters. The van der Waals surface area contributed by atoms with Crippen molar-refractivity contribution in [1.29, 1.82) is 0 Å². The van der Waals surface area contributed by atoms with Crippen LogP contribution in [-0.2, 0) is 16.5 Å². The molecule has 176 valence electrons. The summed E-state index contributed by atoms with van der Waals surface area (Å²) in [6.45, 7) is 8.27. The summed E-state index contributed by atoms with van der Waals surface area (Å²) < 4.78 is 0. The first-order chi connectivity index (χ1) is 15.5. The molecule has 1 aliphatic heterocycles. The topological polar surface area (TPSA) is 52.9 Å². The number of aliphatic imine (C=N–C) groups is 2. The van der Waals surface area contributed by atoms with E-state index >= 15 is 0 Å². The number of nitrogens with zero attached hydrogens (tertiary/aromatic N) is 4. The summed E-state index contributed by atoms with van der Waals surface area (Å²) in [7, 11) is 0. The second kappa shape index (κ2) is 13.8. The van der Waals surface area contributed by atoms with Crippen molar-refractivity contribution in [2.45, 2.75) is 66.2 Å². The summed E-state index contributed by atoms with van der Waals surface area (Å²) in [4.78, 5) is 9.83. The van der Waals surface area contributed by atoms with Gasteiger partial charge in [0.15, 0.2) is 0 Å². The van der Waals surface area contributed by atoms with Gasteiger partial charge in [0.2, 0.25) is 0 Å². The van der Waals surface area contributed by atoms with Crippen molar-refractivity contribution in [3.05, 3.63) is 82.7 Å². The first-order valence-electron chi connectivity index (χ1n) is 11.7. The van der Waals surface area contributed by atoms with Gasteiger partial charge < -0.3 is 10.6 Å². The Hall–Kier alpha value is -2.65. The van der Waals surface area contributed by atoms with Gasteiger partial charge in [0.25, 0.3) is 0 Å². The molecule has 0 aromatic heterocycles. The van der Waals surface area contributed by atoms with Crippen molar-refractivity contribution in [1.82, 2.24) is 0 Å². The fourth-order valence-corrected chi connectivity index (χ4v) is 3.74. The maximum absolute atomic E-state index is 5.03. The number of hydrogen-bond acceptors (Lipinski definition) is 2. The Bertz CT molecular complexity index is 1030. The molecule has 2 aromatic rings. The van der Waals surface area contributed by atoms with Gasteiger partial charge in [-0.25, -0.2) is 0 Å². The van der Waals surface area contributed by atoms with E-state index in [1.165, 1.54) is 25.7 Å². The van der Waals surface area contributed by atoms with E-state index in [0.717, 1.165) is 58.4 Å². The molecule has 0 N–H and O–H groups in total. The number of benzene rings is 2. The Labute approximate surface area is 209 Å². The van der Waals surface area contributed by atoms with E-state index in [9.17, 15) is 0 Å². The van der Waals surface area contributed by atoms with E-state index < -0.39 is 0 Å². The van der Waals surface area contributed by atoms with Gasteiger partial charge in [-0.15, -0.1) is 11.4 Å². The van der Waals surface area contributed by atoms with E-state index in [4.69, 9.17) is 20.6 Å². The minimum atomic E-state index is 0. The molecule has 2 aromatic carbocycles. The van der Waals surface area contributed by atoms with Gasteiger partial charge in [-0.3, -0.25) is 9.98 Å². The second-order valence-corrected chi connectivity index (χ2v) is 8.29. The molecule has 1 heterocycles. The van der Waals surface area contributed by atoms with Gasteiger partial charge >= 0.3 is 16.5 Å². The van der Waals surface area contributed by atoms with Crippen LogP contribution in [0.4, 0.5) is 22.7 Å². The zero-order valence-electron chi connectivity index (χ0n) is 20.1. The summed E-state index contributed by atoms with van der Waals surface area (Å²) in [5.41, 5.74) is 7.24. The molecule has 0 saturated carbocycles. The molecule has 3 rings (SSSR count). The molecule has 0 unspecified atom stereocenters. The molecule has 0 radical (unpaired) electrons. The minimum absolute atomic E-state index is 0. The van der Waals surface area contributed by atoms with E-state index in [-0.39, 0.29) is 16.5 Å². The van der Waals surface area contributed by atoms with Gasteiger partial charge in [-0.05, 0) is 31.9 Å². The maximum atomic E-state index is 5.03. The van der Waals surface area contributed by atoms with Crippen LogP contribution in [0.25, 0.3) is 10.6 Å². The van der Waals surface area contributed by atoms with Gasteiger partial charge in [-0.1, -0.05) is 95.0 Å². The Balaban J connectivity index is 0.00000385. The number of allylic oxidation sites excluding steroid dienone is 4. The molecular formula is C28H34N4Ni. The van der Waals surface area contributed by atoms with Crippen LogP contribution >= 0.6 is 0 Å². The molecule has 1 aliphatic rings. The fourth-order valence-electron chi connectivity index (χ4n) is 3.74. The van der Waals surface area contributed by atoms with E-state index in [1.54, 1.807) is 0 Å². The SMILES string of the molecule is CCCCCCCC1=Nc2ccccc2[N-]/C(C)=C\C(C)=Nc2ccccc2[N-]/C(C)=C\1.[Ni+2]. The number of para-hydroxylation sites is 4. The van der Waals surface area contributed by atoms with E-state index in [0.29, 0.717) is 0 Å². The molecule has 0 amide bonds. The largest absolute Gasteiger partial charge is 2.00 e. The quantitative estimate of drug-likeness (QED) is 0.289. The summed E-state index contributed by atoms with van der Waals surface area (Å²) in [5.74, 6) is 0. The predicted molar refractivity (Wildman–Crippen MR) is 140 cm³/mol. The maximum Gasteiger partial charge on any atom is 2.00 e. The monoisotopic (exact) mass is 484 g/mol. The summed E-state index contributed by atoms with van der Waals surface area (Å²) in [5, 5.41) is 9.71. The van der Waals surface area contributed by atoms with Crippen LogP contribution in [0, 0.1) is 0 Å². The third-order valence-electron chi connectivity index (χ3n) is 5.25. The summed E-state index contributed by atoms with van der Waals surface area (Å²) >= 11 is 0. The van der Waals surface area contributed by atoms with Crippen molar-refractivity contribution in [2.24, 2.45) is 9.98 Å². The van der Waals surface area contributed by atoms with Gasteiger partial charge in [0, 0.05) is 22.8 Å². The first kappa shape index (κ1) is 26.6. The second-order valence-electron chi connectivity index (χ2n) is 8.29. The number of fused-ring (bicyclic) bond motifs is 2. The van der Waals surface area contributed by atoms with Crippen LogP contribution in [0.3, 0.4) is 0 Å². The van der Waals surface area contributed by atoms with Crippen LogP contribution in [0.1, 0.15) is 66.2 Å². The van der Waals surface area contributed by atoms with Crippen LogP contribution in [0.5, 0.6) is 0 Å². The third kappa shape index (κ3) is 8.66.